The first-order valence-electron chi connectivity index (χ1n) is 8.71. The van der Waals surface area contributed by atoms with Gasteiger partial charge in [-0.3, -0.25) is 0 Å². The molecule has 9 heteroatoms. The smallest absolute Gasteiger partial charge is 0.407 e. The van der Waals surface area contributed by atoms with Gasteiger partial charge in [0.05, 0.1) is 6.04 Å². The maximum Gasteiger partial charge on any atom is 0.407 e. The number of nitrogens with one attached hydrogen (secondary N) is 1. The van der Waals surface area contributed by atoms with Crippen molar-refractivity contribution in [2.45, 2.75) is 52.7 Å². The highest BCUT2D eigenvalue weighted by molar-refractivity contribution is 6.28. The number of alkyl carbamates (subject to hydrolysis) is 1. The van der Waals surface area contributed by atoms with Crippen LogP contribution in [0, 0.1) is 5.92 Å². The van der Waals surface area contributed by atoms with Crippen molar-refractivity contribution in [3.8, 4) is 0 Å². The summed E-state index contributed by atoms with van der Waals surface area (Å²) in [4.78, 5) is 31.9. The number of rotatable bonds is 6. The first-order chi connectivity index (χ1) is 12.5. The lowest BCUT2D eigenvalue weighted by molar-refractivity contribution is 0.0518. The number of nitrogens with zero attached hydrogens (tertiary/aromatic N) is 3. The summed E-state index contributed by atoms with van der Waals surface area (Å²) in [7, 11) is 0. The van der Waals surface area contributed by atoms with Crippen LogP contribution in [0.15, 0.2) is 12.3 Å². The molecule has 27 heavy (non-hydrogen) atoms. The highest BCUT2D eigenvalue weighted by Crippen LogP contribution is 2.27. The number of carboxylic acid groups (broad SMARTS) is 1. The molecular weight excluding hydrogens is 372 g/mol. The molecule has 2 heterocycles. The van der Waals surface area contributed by atoms with Gasteiger partial charge in [0.15, 0.2) is 0 Å². The van der Waals surface area contributed by atoms with Gasteiger partial charge in [-0.1, -0.05) is 13.8 Å². The molecule has 0 aliphatic heterocycles. The van der Waals surface area contributed by atoms with Crippen molar-refractivity contribution in [1.29, 1.82) is 0 Å². The molecule has 0 radical (unpaired) electrons. The monoisotopic (exact) mass is 396 g/mol. The molecule has 1 atom stereocenters. The lowest BCUT2D eigenvalue weighted by atomic mass is 10.0. The number of fused-ring (bicyclic) bond motifs is 1. The van der Waals surface area contributed by atoms with E-state index in [9.17, 15) is 14.7 Å². The number of halogens is 1. The second-order valence-electron chi connectivity index (χ2n) is 7.79. The molecule has 0 fully saturated rings. The van der Waals surface area contributed by atoms with Gasteiger partial charge in [0.25, 0.3) is 0 Å². The molecular formula is C18H25ClN4O4. The van der Waals surface area contributed by atoms with Gasteiger partial charge in [-0.05, 0) is 50.8 Å². The summed E-state index contributed by atoms with van der Waals surface area (Å²) in [6.45, 7) is 9.57. The van der Waals surface area contributed by atoms with Crippen LogP contribution >= 0.6 is 11.6 Å². The summed E-state index contributed by atoms with van der Waals surface area (Å²) >= 11 is 5.92. The molecule has 8 nitrogen and oxygen atoms in total. The lowest BCUT2D eigenvalue weighted by Crippen LogP contribution is -2.36. The molecule has 0 saturated heterocycles. The predicted octanol–water partition coefficient (Wildman–Crippen LogP) is 3.89. The minimum absolute atomic E-state index is 0.0298. The van der Waals surface area contributed by atoms with Crippen molar-refractivity contribution in [3.05, 3.63) is 23.2 Å². The molecule has 0 bridgehead atoms. The minimum Gasteiger partial charge on any atom is -0.477 e. The molecule has 0 spiro atoms. The fraction of sp³-hybridized carbons (Fsp3) is 0.556. The van der Waals surface area contributed by atoms with Crippen LogP contribution in [-0.2, 0) is 4.74 Å². The largest absolute Gasteiger partial charge is 0.477 e. The van der Waals surface area contributed by atoms with Crippen molar-refractivity contribution < 1.29 is 19.4 Å². The average molecular weight is 397 g/mol. The molecule has 148 valence electrons. The summed E-state index contributed by atoms with van der Waals surface area (Å²) in [6, 6.07) is 1.17. The zero-order valence-electron chi connectivity index (χ0n) is 16.1. The third-order valence-corrected chi connectivity index (χ3v) is 3.94. The van der Waals surface area contributed by atoms with Crippen molar-refractivity contribution >= 4 is 34.7 Å². The fourth-order valence-electron chi connectivity index (χ4n) is 2.86. The van der Waals surface area contributed by atoms with Crippen LogP contribution in [0.5, 0.6) is 0 Å². The normalized spacial score (nSPS) is 13.0. The molecule has 1 amide bonds. The first-order valence-corrected chi connectivity index (χ1v) is 9.09. The van der Waals surface area contributed by atoms with Crippen LogP contribution in [-0.4, -0.2) is 43.8 Å². The summed E-state index contributed by atoms with van der Waals surface area (Å²) in [5, 5.41) is 13.0. The van der Waals surface area contributed by atoms with Crippen LogP contribution in [0.1, 0.15) is 57.6 Å². The topological polar surface area (TPSA) is 106 Å². The Morgan fingerprint density at radius 3 is 2.59 bits per heavy atom. The SMILES string of the molecule is CC(C)C[C@@H](CNC(=O)OC(C)(C)C)n1c(C(=O)O)cc2cnc(Cl)nc21. The Kier molecular flexibility index (Phi) is 6.30. The highest BCUT2D eigenvalue weighted by Gasteiger charge is 2.25. The Balaban J connectivity index is 2.41. The number of amides is 1. The predicted molar refractivity (Wildman–Crippen MR) is 102 cm³/mol. The third-order valence-electron chi connectivity index (χ3n) is 3.76. The van der Waals surface area contributed by atoms with Crippen molar-refractivity contribution in [3.63, 3.8) is 0 Å². The molecule has 2 N–H and O–H groups in total. The Hall–Kier alpha value is -2.35. The Morgan fingerprint density at radius 2 is 2.04 bits per heavy atom. The molecule has 0 aliphatic carbocycles. The number of aromatic carboxylic acids is 1. The first kappa shape index (κ1) is 21.0. The second kappa shape index (κ2) is 8.12. The lowest BCUT2D eigenvalue weighted by Gasteiger charge is -2.25. The van der Waals surface area contributed by atoms with Crippen LogP contribution in [0.3, 0.4) is 0 Å². The fourth-order valence-corrected chi connectivity index (χ4v) is 2.99. The zero-order valence-corrected chi connectivity index (χ0v) is 16.9. The number of carbonyl (C=O) groups is 2. The van der Waals surface area contributed by atoms with E-state index in [0.29, 0.717) is 17.5 Å². The quantitative estimate of drug-likeness (QED) is 0.717. The number of hydrogen-bond donors (Lipinski definition) is 2. The molecule has 2 aromatic rings. The summed E-state index contributed by atoms with van der Waals surface area (Å²) in [6.07, 6.45) is 1.56. The summed E-state index contributed by atoms with van der Waals surface area (Å²) < 4.78 is 6.87. The minimum atomic E-state index is -1.09. The van der Waals surface area contributed by atoms with E-state index in [0.717, 1.165) is 0 Å². The average Bonchev–Trinajstić information content (AvgIpc) is 2.88. The standard InChI is InChI=1S/C18H25ClN4O4/c1-10(2)6-12(9-21-17(26)27-18(3,4)5)23-13(15(24)25)7-11-8-20-16(19)22-14(11)23/h7-8,10,12H,6,9H2,1-5H3,(H,21,26)(H,24,25)/t12-/m0/s1. The second-order valence-corrected chi connectivity index (χ2v) is 8.13. The van der Waals surface area contributed by atoms with E-state index in [1.54, 1.807) is 25.3 Å². The van der Waals surface area contributed by atoms with Crippen molar-refractivity contribution in [1.82, 2.24) is 19.9 Å². The van der Waals surface area contributed by atoms with Gasteiger partial charge in [0, 0.05) is 18.1 Å². The van der Waals surface area contributed by atoms with Crippen molar-refractivity contribution in [2.24, 2.45) is 5.92 Å². The van der Waals surface area contributed by atoms with E-state index < -0.39 is 17.7 Å². The third kappa shape index (κ3) is 5.56. The van der Waals surface area contributed by atoms with E-state index in [-0.39, 0.29) is 29.5 Å². The number of ether oxygens (including phenoxy) is 1. The van der Waals surface area contributed by atoms with Crippen molar-refractivity contribution in [2.75, 3.05) is 6.54 Å². The molecule has 0 saturated carbocycles. The molecule has 0 aromatic carbocycles. The van der Waals surface area contributed by atoms with E-state index in [1.165, 1.54) is 12.3 Å². The molecule has 2 aromatic heterocycles. The van der Waals surface area contributed by atoms with Gasteiger partial charge in [-0.25, -0.2) is 14.6 Å². The Morgan fingerprint density at radius 1 is 1.37 bits per heavy atom. The van der Waals surface area contributed by atoms with Crippen LogP contribution in [0.4, 0.5) is 4.79 Å². The van der Waals surface area contributed by atoms with E-state index in [1.807, 2.05) is 13.8 Å². The van der Waals surface area contributed by atoms with Gasteiger partial charge in [-0.2, -0.15) is 4.98 Å². The highest BCUT2D eigenvalue weighted by atomic mass is 35.5. The van der Waals surface area contributed by atoms with E-state index >= 15 is 0 Å². The Bertz CT molecular complexity index is 842. The van der Waals surface area contributed by atoms with Crippen LogP contribution in [0.25, 0.3) is 11.0 Å². The number of hydrogen-bond acceptors (Lipinski definition) is 5. The number of carbonyl (C=O) groups excluding carboxylic acids is 1. The van der Waals surface area contributed by atoms with Gasteiger partial charge >= 0.3 is 12.1 Å². The Labute approximate surface area is 162 Å². The maximum atomic E-state index is 12.0. The summed E-state index contributed by atoms with van der Waals surface area (Å²) in [5.74, 6) is -0.831. The van der Waals surface area contributed by atoms with Gasteiger partial charge < -0.3 is 19.7 Å². The molecule has 2 rings (SSSR count). The number of carboxylic acids is 1. The molecule has 0 unspecified atom stereocenters. The maximum absolute atomic E-state index is 12.0. The zero-order chi connectivity index (χ0) is 20.4. The van der Waals surface area contributed by atoms with Gasteiger partial charge in [0.1, 0.15) is 16.9 Å². The van der Waals surface area contributed by atoms with Gasteiger partial charge in [0.2, 0.25) is 5.28 Å². The van der Waals surface area contributed by atoms with E-state index in [4.69, 9.17) is 16.3 Å². The number of aromatic nitrogens is 3. The summed E-state index contributed by atoms with van der Waals surface area (Å²) in [5.41, 5.74) is -0.132. The van der Waals surface area contributed by atoms with Gasteiger partial charge in [-0.15, -0.1) is 0 Å². The van der Waals surface area contributed by atoms with Crippen LogP contribution in [0.2, 0.25) is 5.28 Å². The molecule has 0 aliphatic rings. The van der Waals surface area contributed by atoms with Crippen LogP contribution < -0.4 is 5.32 Å². The van der Waals surface area contributed by atoms with E-state index in [2.05, 4.69) is 15.3 Å².